The van der Waals surface area contributed by atoms with Crippen LogP contribution in [0.1, 0.15) is 41.6 Å². The van der Waals surface area contributed by atoms with Crippen molar-refractivity contribution in [3.8, 4) is 0 Å². The molecule has 0 aromatic heterocycles. The number of carbonyl (C=O) groups excluding carboxylic acids is 1. The lowest BCUT2D eigenvalue weighted by Gasteiger charge is -2.42. The van der Waals surface area contributed by atoms with E-state index in [-0.39, 0.29) is 35.8 Å². The number of carbonyl (C=O) groups is 2. The number of nitrogens with zero attached hydrogens (tertiary/aromatic N) is 2. The number of aryl methyl sites for hydroxylation is 1. The van der Waals surface area contributed by atoms with Gasteiger partial charge in [0.1, 0.15) is 0 Å². The van der Waals surface area contributed by atoms with Gasteiger partial charge in [-0.05, 0) is 50.2 Å². The highest BCUT2D eigenvalue weighted by Gasteiger charge is 2.37. The first-order valence-electron chi connectivity index (χ1n) is 8.84. The summed E-state index contributed by atoms with van der Waals surface area (Å²) in [6, 6.07) is 4.48. The van der Waals surface area contributed by atoms with Crippen LogP contribution in [0.2, 0.25) is 0 Å². The van der Waals surface area contributed by atoms with E-state index in [1.54, 1.807) is 13.0 Å². The van der Waals surface area contributed by atoms with Crippen molar-refractivity contribution < 1.29 is 19.6 Å². The predicted molar refractivity (Wildman–Crippen MR) is 94.0 cm³/mol. The quantitative estimate of drug-likeness (QED) is 0.541. The molecular formula is C18H23N3O5. The highest BCUT2D eigenvalue weighted by molar-refractivity contribution is 5.95. The molecule has 0 bridgehead atoms. The summed E-state index contributed by atoms with van der Waals surface area (Å²) < 4.78 is 0. The van der Waals surface area contributed by atoms with Crippen molar-refractivity contribution in [2.24, 2.45) is 5.92 Å². The molecule has 0 radical (unpaired) electrons. The van der Waals surface area contributed by atoms with Crippen molar-refractivity contribution in [3.63, 3.8) is 0 Å². The third kappa shape index (κ3) is 4.57. The van der Waals surface area contributed by atoms with Crippen LogP contribution in [-0.2, 0) is 4.79 Å². The number of nitrogens with one attached hydrogen (secondary N) is 1. The first kappa shape index (κ1) is 18.3. The van der Waals surface area contributed by atoms with E-state index in [2.05, 4.69) is 5.32 Å². The summed E-state index contributed by atoms with van der Waals surface area (Å²) in [7, 11) is 0. The number of nitro groups is 1. The summed E-state index contributed by atoms with van der Waals surface area (Å²) in [6.07, 6.45) is 3.74. The van der Waals surface area contributed by atoms with Crippen LogP contribution in [0.4, 0.5) is 5.69 Å². The molecule has 0 spiro atoms. The number of carboxylic acids is 1. The molecule has 26 heavy (non-hydrogen) atoms. The van der Waals surface area contributed by atoms with E-state index in [0.29, 0.717) is 24.3 Å². The lowest BCUT2D eigenvalue weighted by atomic mass is 9.85. The number of hydrogen-bond acceptors (Lipinski definition) is 5. The largest absolute Gasteiger partial charge is 0.480 e. The van der Waals surface area contributed by atoms with Crippen LogP contribution in [0.3, 0.4) is 0 Å². The summed E-state index contributed by atoms with van der Waals surface area (Å²) >= 11 is 0. The fourth-order valence-corrected chi connectivity index (χ4v) is 3.42. The molecule has 2 fully saturated rings. The van der Waals surface area contributed by atoms with Crippen LogP contribution < -0.4 is 5.32 Å². The Balaban J connectivity index is 1.55. The zero-order valence-electron chi connectivity index (χ0n) is 14.7. The van der Waals surface area contributed by atoms with Gasteiger partial charge in [0, 0.05) is 36.3 Å². The Morgan fingerprint density at radius 3 is 2.58 bits per heavy atom. The van der Waals surface area contributed by atoms with Gasteiger partial charge in [-0.1, -0.05) is 0 Å². The summed E-state index contributed by atoms with van der Waals surface area (Å²) in [5, 5.41) is 22.9. The average Bonchev–Trinajstić information content (AvgIpc) is 3.32. The zero-order valence-corrected chi connectivity index (χ0v) is 14.7. The molecule has 1 aromatic rings. The Kier molecular flexibility index (Phi) is 5.22. The highest BCUT2D eigenvalue weighted by atomic mass is 16.6. The number of non-ortho nitro benzene ring substituents is 1. The molecule has 0 aliphatic heterocycles. The first-order chi connectivity index (χ1) is 12.3. The minimum absolute atomic E-state index is 0.0254. The summed E-state index contributed by atoms with van der Waals surface area (Å²) in [5.74, 6) is -0.548. The second-order valence-electron chi connectivity index (χ2n) is 7.38. The number of nitro benzene ring substituents is 1. The molecule has 0 unspecified atom stereocenters. The maximum Gasteiger partial charge on any atom is 0.317 e. The zero-order chi connectivity index (χ0) is 18.8. The minimum Gasteiger partial charge on any atom is -0.480 e. The van der Waals surface area contributed by atoms with Gasteiger partial charge >= 0.3 is 5.97 Å². The standard InChI is InChI=1S/C18H23N3O5/c1-11-4-13(6-16(5-11)21(25)26)18(24)19-14-7-15(8-14)20(10-17(22)23)9-12-2-3-12/h4-6,12,14-15H,2-3,7-10H2,1H3,(H,19,24)(H,22,23). The van der Waals surface area contributed by atoms with Crippen LogP contribution >= 0.6 is 0 Å². The van der Waals surface area contributed by atoms with Crippen LogP contribution in [0.15, 0.2) is 18.2 Å². The molecule has 8 nitrogen and oxygen atoms in total. The van der Waals surface area contributed by atoms with Crippen LogP contribution in [0.25, 0.3) is 0 Å². The molecule has 0 heterocycles. The molecule has 140 valence electrons. The van der Waals surface area contributed by atoms with Crippen LogP contribution in [0.5, 0.6) is 0 Å². The third-order valence-electron chi connectivity index (χ3n) is 5.03. The van der Waals surface area contributed by atoms with E-state index >= 15 is 0 Å². The average molecular weight is 361 g/mol. The van der Waals surface area contributed by atoms with Gasteiger partial charge in [-0.25, -0.2) is 0 Å². The number of amides is 1. The van der Waals surface area contributed by atoms with Crippen molar-refractivity contribution in [2.75, 3.05) is 13.1 Å². The van der Waals surface area contributed by atoms with Gasteiger partial charge in [-0.3, -0.25) is 24.6 Å². The predicted octanol–water partition coefficient (Wildman–Crippen LogP) is 1.96. The molecule has 1 aromatic carbocycles. The second kappa shape index (κ2) is 7.41. The molecule has 1 amide bonds. The van der Waals surface area contributed by atoms with E-state index in [1.165, 1.54) is 12.1 Å². The van der Waals surface area contributed by atoms with Gasteiger partial charge < -0.3 is 10.4 Å². The van der Waals surface area contributed by atoms with Crippen molar-refractivity contribution in [2.45, 2.75) is 44.7 Å². The Bertz CT molecular complexity index is 726. The highest BCUT2D eigenvalue weighted by Crippen LogP contribution is 2.33. The summed E-state index contributed by atoms with van der Waals surface area (Å²) in [4.78, 5) is 35.9. The van der Waals surface area contributed by atoms with E-state index in [4.69, 9.17) is 5.11 Å². The smallest absolute Gasteiger partial charge is 0.317 e. The summed E-state index contributed by atoms with van der Waals surface area (Å²) in [5.41, 5.74) is 0.840. The molecule has 2 aliphatic rings. The molecule has 0 atom stereocenters. The van der Waals surface area contributed by atoms with Gasteiger partial charge in [0.25, 0.3) is 11.6 Å². The topological polar surface area (TPSA) is 113 Å². The Morgan fingerprint density at radius 2 is 2.00 bits per heavy atom. The van der Waals surface area contributed by atoms with Crippen LogP contribution in [-0.4, -0.2) is 52.0 Å². The Hall–Kier alpha value is -2.48. The van der Waals surface area contributed by atoms with Crippen molar-refractivity contribution in [3.05, 3.63) is 39.4 Å². The Labute approximate surface area is 151 Å². The normalized spacial score (nSPS) is 21.9. The number of hydrogen-bond donors (Lipinski definition) is 2. The fourth-order valence-electron chi connectivity index (χ4n) is 3.42. The second-order valence-corrected chi connectivity index (χ2v) is 7.38. The third-order valence-corrected chi connectivity index (χ3v) is 5.03. The lowest BCUT2D eigenvalue weighted by molar-refractivity contribution is -0.384. The van der Waals surface area contributed by atoms with Gasteiger partial charge in [-0.2, -0.15) is 0 Å². The lowest BCUT2D eigenvalue weighted by Crippen LogP contribution is -2.55. The van der Waals surface area contributed by atoms with Gasteiger partial charge in [-0.15, -0.1) is 0 Å². The van der Waals surface area contributed by atoms with E-state index in [0.717, 1.165) is 19.4 Å². The molecule has 8 heteroatoms. The molecule has 2 N–H and O–H groups in total. The molecule has 0 saturated heterocycles. The van der Waals surface area contributed by atoms with Crippen LogP contribution in [0, 0.1) is 23.0 Å². The van der Waals surface area contributed by atoms with E-state index in [9.17, 15) is 19.7 Å². The Morgan fingerprint density at radius 1 is 1.31 bits per heavy atom. The van der Waals surface area contributed by atoms with Gasteiger partial charge in [0.15, 0.2) is 0 Å². The maximum atomic E-state index is 12.4. The molecule has 2 aliphatic carbocycles. The number of benzene rings is 1. The molecular weight excluding hydrogens is 338 g/mol. The summed E-state index contributed by atoms with van der Waals surface area (Å²) in [6.45, 7) is 2.55. The van der Waals surface area contributed by atoms with Crippen molar-refractivity contribution in [1.29, 1.82) is 0 Å². The van der Waals surface area contributed by atoms with Gasteiger partial charge in [0.2, 0.25) is 0 Å². The number of carboxylic acid groups (broad SMARTS) is 1. The molecule has 2 saturated carbocycles. The maximum absolute atomic E-state index is 12.4. The molecule has 3 rings (SSSR count). The fraction of sp³-hybridized carbons (Fsp3) is 0.556. The van der Waals surface area contributed by atoms with E-state index < -0.39 is 10.9 Å². The van der Waals surface area contributed by atoms with Gasteiger partial charge in [0.05, 0.1) is 11.5 Å². The van der Waals surface area contributed by atoms with Crippen molar-refractivity contribution >= 4 is 17.6 Å². The number of rotatable bonds is 8. The number of aliphatic carboxylic acids is 1. The monoisotopic (exact) mass is 361 g/mol. The van der Waals surface area contributed by atoms with Crippen molar-refractivity contribution in [1.82, 2.24) is 10.2 Å². The first-order valence-corrected chi connectivity index (χ1v) is 8.84. The van der Waals surface area contributed by atoms with E-state index in [1.807, 2.05) is 4.90 Å². The minimum atomic E-state index is -0.829. The SMILES string of the molecule is Cc1cc(C(=O)NC2CC(N(CC(=O)O)CC3CC3)C2)cc([N+](=O)[O-])c1.